The minimum absolute atomic E-state index is 0.0635. The zero-order valence-corrected chi connectivity index (χ0v) is 11.9. The van der Waals surface area contributed by atoms with Crippen molar-refractivity contribution in [2.75, 3.05) is 6.54 Å². The molecule has 1 aliphatic heterocycles. The molecule has 2 aromatic heterocycles. The zero-order chi connectivity index (χ0) is 13.4. The number of aromatic nitrogens is 2. The van der Waals surface area contributed by atoms with Crippen molar-refractivity contribution < 1.29 is 4.79 Å². The van der Waals surface area contributed by atoms with Gasteiger partial charge >= 0.3 is 0 Å². The van der Waals surface area contributed by atoms with E-state index in [-0.39, 0.29) is 17.6 Å². The number of nitrogens with zero attached hydrogens (tertiary/aromatic N) is 3. The van der Waals surface area contributed by atoms with Gasteiger partial charge in [-0.3, -0.25) is 4.79 Å². The van der Waals surface area contributed by atoms with Crippen LogP contribution in [-0.2, 0) is 6.42 Å². The molecular weight excluding hydrogens is 282 g/mol. The highest BCUT2D eigenvalue weighted by atomic mass is 35.5. The summed E-state index contributed by atoms with van der Waals surface area (Å²) in [6, 6.07) is 2.15. The van der Waals surface area contributed by atoms with Crippen molar-refractivity contribution >= 4 is 28.8 Å². The van der Waals surface area contributed by atoms with Crippen LogP contribution in [0.4, 0.5) is 0 Å². The van der Waals surface area contributed by atoms with Crippen molar-refractivity contribution in [1.82, 2.24) is 14.9 Å². The minimum atomic E-state index is -0.128. The van der Waals surface area contributed by atoms with Crippen molar-refractivity contribution in [3.8, 4) is 0 Å². The van der Waals surface area contributed by atoms with Gasteiger partial charge in [-0.2, -0.15) is 0 Å². The van der Waals surface area contributed by atoms with Gasteiger partial charge in [0, 0.05) is 17.6 Å². The quantitative estimate of drug-likeness (QED) is 0.812. The van der Waals surface area contributed by atoms with E-state index in [0.717, 1.165) is 6.42 Å². The molecule has 0 fully saturated rings. The van der Waals surface area contributed by atoms with Gasteiger partial charge in [0.05, 0.1) is 11.1 Å². The van der Waals surface area contributed by atoms with Gasteiger partial charge in [0.1, 0.15) is 12.0 Å². The van der Waals surface area contributed by atoms with Crippen LogP contribution in [0.5, 0.6) is 0 Å². The number of amides is 1. The van der Waals surface area contributed by atoms with Crippen LogP contribution in [0.25, 0.3) is 0 Å². The van der Waals surface area contributed by atoms with Gasteiger partial charge in [-0.25, -0.2) is 9.97 Å². The summed E-state index contributed by atoms with van der Waals surface area (Å²) in [7, 11) is 0. The molecule has 0 radical (unpaired) electrons. The number of carbonyl (C=O) groups excluding carboxylic acids is 1. The molecule has 19 heavy (non-hydrogen) atoms. The molecule has 1 aliphatic rings. The van der Waals surface area contributed by atoms with Gasteiger partial charge in [-0.05, 0) is 30.4 Å². The maximum absolute atomic E-state index is 12.5. The molecule has 0 spiro atoms. The van der Waals surface area contributed by atoms with Crippen molar-refractivity contribution in [3.05, 3.63) is 45.1 Å². The molecule has 0 saturated heterocycles. The van der Waals surface area contributed by atoms with E-state index in [0.29, 0.717) is 11.6 Å². The molecule has 3 heterocycles. The molecule has 1 unspecified atom stereocenters. The molecule has 4 nitrogen and oxygen atoms in total. The number of fused-ring (bicyclic) bond motifs is 1. The molecule has 2 aromatic rings. The van der Waals surface area contributed by atoms with Crippen LogP contribution in [0.1, 0.15) is 33.9 Å². The Morgan fingerprint density at radius 2 is 2.42 bits per heavy atom. The lowest BCUT2D eigenvalue weighted by Gasteiger charge is -2.33. The van der Waals surface area contributed by atoms with Gasteiger partial charge in [0.25, 0.3) is 5.91 Å². The standard InChI is InChI=1S/C13H12ClN3OS/c1-8-9-3-5-19-11(9)2-4-17(8)13(18)12-10(14)6-15-7-16-12/h3,5-8H,2,4H2,1H3. The first-order chi connectivity index (χ1) is 9.18. The summed E-state index contributed by atoms with van der Waals surface area (Å²) in [6.07, 6.45) is 3.70. The summed E-state index contributed by atoms with van der Waals surface area (Å²) < 4.78 is 0. The highest BCUT2D eigenvalue weighted by molar-refractivity contribution is 7.10. The largest absolute Gasteiger partial charge is 0.330 e. The summed E-state index contributed by atoms with van der Waals surface area (Å²) in [5, 5.41) is 2.38. The van der Waals surface area contributed by atoms with Crippen LogP contribution in [0.15, 0.2) is 24.0 Å². The number of halogens is 1. The Kier molecular flexibility index (Phi) is 3.24. The molecule has 1 atom stereocenters. The number of rotatable bonds is 1. The monoisotopic (exact) mass is 293 g/mol. The number of thiophene rings is 1. The molecule has 0 bridgehead atoms. The van der Waals surface area contributed by atoms with Gasteiger partial charge in [-0.1, -0.05) is 11.6 Å². The first-order valence-electron chi connectivity index (χ1n) is 6.01. The fraction of sp³-hybridized carbons (Fsp3) is 0.308. The second-order valence-corrected chi connectivity index (χ2v) is 5.85. The zero-order valence-electron chi connectivity index (χ0n) is 10.3. The van der Waals surface area contributed by atoms with E-state index >= 15 is 0 Å². The van der Waals surface area contributed by atoms with E-state index in [1.165, 1.54) is 23.0 Å². The second-order valence-electron chi connectivity index (χ2n) is 4.44. The fourth-order valence-corrected chi connectivity index (χ4v) is 3.54. The summed E-state index contributed by atoms with van der Waals surface area (Å²) in [6.45, 7) is 2.74. The first-order valence-corrected chi connectivity index (χ1v) is 7.27. The first kappa shape index (κ1) is 12.6. The van der Waals surface area contributed by atoms with Gasteiger partial charge in [-0.15, -0.1) is 11.3 Å². The summed E-state index contributed by atoms with van der Waals surface area (Å²) in [4.78, 5) is 23.5. The molecule has 0 saturated carbocycles. The van der Waals surface area contributed by atoms with Crippen LogP contribution < -0.4 is 0 Å². The van der Waals surface area contributed by atoms with Crippen LogP contribution in [-0.4, -0.2) is 27.3 Å². The molecule has 0 N–H and O–H groups in total. The number of hydrogen-bond donors (Lipinski definition) is 0. The third kappa shape index (κ3) is 2.13. The smallest absolute Gasteiger partial charge is 0.274 e. The van der Waals surface area contributed by atoms with Crippen molar-refractivity contribution in [2.24, 2.45) is 0 Å². The molecule has 0 aliphatic carbocycles. The molecule has 98 valence electrons. The summed E-state index contributed by atoms with van der Waals surface area (Å²) in [5.41, 5.74) is 1.51. The molecular formula is C13H12ClN3OS. The fourth-order valence-electron chi connectivity index (χ4n) is 2.39. The lowest BCUT2D eigenvalue weighted by atomic mass is 10.0. The van der Waals surface area contributed by atoms with E-state index in [1.807, 2.05) is 11.8 Å². The van der Waals surface area contributed by atoms with E-state index in [4.69, 9.17) is 11.6 Å². The summed E-state index contributed by atoms with van der Waals surface area (Å²) >= 11 is 7.75. The Labute approximate surface area is 120 Å². The van der Waals surface area contributed by atoms with Crippen LogP contribution in [0.2, 0.25) is 5.02 Å². The third-order valence-electron chi connectivity index (χ3n) is 3.41. The molecule has 1 amide bonds. The highest BCUT2D eigenvalue weighted by Gasteiger charge is 2.30. The van der Waals surface area contributed by atoms with E-state index in [1.54, 1.807) is 11.3 Å². The van der Waals surface area contributed by atoms with E-state index in [2.05, 4.69) is 21.4 Å². The van der Waals surface area contributed by atoms with Crippen molar-refractivity contribution in [1.29, 1.82) is 0 Å². The molecule has 0 aromatic carbocycles. The lowest BCUT2D eigenvalue weighted by Crippen LogP contribution is -2.38. The Morgan fingerprint density at radius 3 is 3.21 bits per heavy atom. The lowest BCUT2D eigenvalue weighted by molar-refractivity contribution is 0.0673. The Bertz CT molecular complexity index is 628. The molecule has 3 rings (SSSR count). The van der Waals surface area contributed by atoms with Gasteiger partial charge in [0.2, 0.25) is 0 Å². The average Bonchev–Trinajstić information content (AvgIpc) is 2.88. The predicted octanol–water partition coefficient (Wildman–Crippen LogP) is 2.95. The summed E-state index contributed by atoms with van der Waals surface area (Å²) in [5.74, 6) is -0.128. The van der Waals surface area contributed by atoms with Crippen molar-refractivity contribution in [3.63, 3.8) is 0 Å². The third-order valence-corrected chi connectivity index (χ3v) is 4.68. The van der Waals surface area contributed by atoms with Crippen LogP contribution >= 0.6 is 22.9 Å². The van der Waals surface area contributed by atoms with Gasteiger partial charge < -0.3 is 4.90 Å². The maximum atomic E-state index is 12.5. The Hall–Kier alpha value is -1.46. The van der Waals surface area contributed by atoms with E-state index < -0.39 is 0 Å². The predicted molar refractivity (Wildman–Crippen MR) is 74.5 cm³/mol. The second kappa shape index (κ2) is 4.90. The van der Waals surface area contributed by atoms with Crippen molar-refractivity contribution in [2.45, 2.75) is 19.4 Å². The number of hydrogen-bond acceptors (Lipinski definition) is 4. The SMILES string of the molecule is CC1c2ccsc2CCN1C(=O)c1ncncc1Cl. The Morgan fingerprint density at radius 1 is 1.58 bits per heavy atom. The average molecular weight is 294 g/mol. The topological polar surface area (TPSA) is 46.1 Å². The normalized spacial score (nSPS) is 18.2. The number of carbonyl (C=O) groups is 1. The molecule has 6 heteroatoms. The van der Waals surface area contributed by atoms with Crippen LogP contribution in [0, 0.1) is 0 Å². The minimum Gasteiger partial charge on any atom is -0.330 e. The maximum Gasteiger partial charge on any atom is 0.274 e. The van der Waals surface area contributed by atoms with E-state index in [9.17, 15) is 4.79 Å². The van der Waals surface area contributed by atoms with Crippen LogP contribution in [0.3, 0.4) is 0 Å². The Balaban J connectivity index is 1.92. The van der Waals surface area contributed by atoms with Gasteiger partial charge in [0.15, 0.2) is 0 Å². The highest BCUT2D eigenvalue weighted by Crippen LogP contribution is 2.33.